The quantitative estimate of drug-likeness (QED) is 0.642. The largest absolute Gasteiger partial charge is 0.381 e. The van der Waals surface area contributed by atoms with E-state index in [1.54, 1.807) is 0 Å². The average Bonchev–Trinajstić information content (AvgIpc) is 2.90. The summed E-state index contributed by atoms with van der Waals surface area (Å²) in [5, 5.41) is 0. The van der Waals surface area contributed by atoms with E-state index in [0.717, 1.165) is 32.2 Å². The molecule has 0 spiro atoms. The Balaban J connectivity index is 0.00000240. The molecule has 3 aliphatic rings. The zero-order chi connectivity index (χ0) is 19.8. The van der Waals surface area contributed by atoms with Crippen LogP contribution < -0.4 is 4.90 Å². The van der Waals surface area contributed by atoms with Gasteiger partial charge in [-0.2, -0.15) is 0 Å². The van der Waals surface area contributed by atoms with E-state index in [0.29, 0.717) is 5.41 Å². The number of benzene rings is 1. The average molecular weight is 419 g/mol. The number of para-hydroxylation sites is 1. The van der Waals surface area contributed by atoms with E-state index in [-0.39, 0.29) is 17.8 Å². The number of rotatable bonds is 4. The molecule has 0 aromatic heterocycles. The van der Waals surface area contributed by atoms with Crippen LogP contribution in [0.2, 0.25) is 0 Å². The second-order valence-electron chi connectivity index (χ2n) is 10.3. The molecule has 0 bridgehead atoms. The smallest absolute Gasteiger partial charge is 0.0469 e. The van der Waals surface area contributed by atoms with Gasteiger partial charge in [0.25, 0.3) is 0 Å². The zero-order valence-electron chi connectivity index (χ0n) is 18.7. The molecule has 0 N–H and O–H groups in total. The van der Waals surface area contributed by atoms with Crippen molar-refractivity contribution in [2.45, 2.75) is 47.0 Å². The Morgan fingerprint density at radius 2 is 1.62 bits per heavy atom. The van der Waals surface area contributed by atoms with Crippen molar-refractivity contribution < 1.29 is 4.74 Å². The number of nitrogens with zero attached hydrogens (tertiary/aromatic N) is 2. The van der Waals surface area contributed by atoms with Gasteiger partial charge in [-0.15, -0.1) is 12.4 Å². The maximum atomic E-state index is 5.52. The highest BCUT2D eigenvalue weighted by Gasteiger charge is 2.41. The third-order valence-corrected chi connectivity index (χ3v) is 7.73. The number of halogens is 1. The Bertz CT molecular complexity index is 713. The summed E-state index contributed by atoms with van der Waals surface area (Å²) in [5.74, 6) is 0.834. The molecule has 4 heteroatoms. The van der Waals surface area contributed by atoms with Gasteiger partial charge in [-0.05, 0) is 47.6 Å². The Kier molecular flexibility index (Phi) is 7.03. The van der Waals surface area contributed by atoms with Gasteiger partial charge in [0.2, 0.25) is 0 Å². The molecule has 2 fully saturated rings. The first-order chi connectivity index (χ1) is 13.4. The van der Waals surface area contributed by atoms with Crippen LogP contribution in [0.1, 0.15) is 52.5 Å². The lowest BCUT2D eigenvalue weighted by Gasteiger charge is -2.39. The first-order valence-electron chi connectivity index (χ1n) is 11.2. The molecule has 4 rings (SSSR count). The van der Waals surface area contributed by atoms with Crippen LogP contribution >= 0.6 is 12.4 Å². The molecule has 2 heterocycles. The SMILES string of the molecule is CC1(C)C=C(c2ccccc2N2CCN(CC3CCOCC3)CC2)CC1(C)C.Cl. The van der Waals surface area contributed by atoms with E-state index in [2.05, 4.69) is 67.8 Å². The van der Waals surface area contributed by atoms with Crippen LogP contribution in [-0.2, 0) is 4.74 Å². The fourth-order valence-corrected chi connectivity index (χ4v) is 5.05. The van der Waals surface area contributed by atoms with Crippen molar-refractivity contribution in [1.29, 1.82) is 0 Å². The van der Waals surface area contributed by atoms with E-state index >= 15 is 0 Å². The molecular weight excluding hydrogens is 380 g/mol. The van der Waals surface area contributed by atoms with E-state index in [1.165, 1.54) is 55.7 Å². The van der Waals surface area contributed by atoms with Crippen molar-refractivity contribution in [3.05, 3.63) is 35.9 Å². The monoisotopic (exact) mass is 418 g/mol. The van der Waals surface area contributed by atoms with Gasteiger partial charge in [0, 0.05) is 57.2 Å². The lowest BCUT2D eigenvalue weighted by molar-refractivity contribution is 0.0517. The van der Waals surface area contributed by atoms with Crippen molar-refractivity contribution in [1.82, 2.24) is 4.90 Å². The minimum Gasteiger partial charge on any atom is -0.381 e. The summed E-state index contributed by atoms with van der Waals surface area (Å²) in [5.41, 5.74) is 5.00. The van der Waals surface area contributed by atoms with Crippen LogP contribution in [-0.4, -0.2) is 50.8 Å². The summed E-state index contributed by atoms with van der Waals surface area (Å²) in [4.78, 5) is 5.30. The van der Waals surface area contributed by atoms with Gasteiger partial charge in [0.05, 0.1) is 0 Å². The van der Waals surface area contributed by atoms with E-state index < -0.39 is 0 Å². The van der Waals surface area contributed by atoms with E-state index in [1.807, 2.05) is 0 Å². The van der Waals surface area contributed by atoms with Crippen molar-refractivity contribution in [2.75, 3.05) is 50.8 Å². The van der Waals surface area contributed by atoms with Crippen LogP contribution in [0.5, 0.6) is 0 Å². The minimum atomic E-state index is 0. The van der Waals surface area contributed by atoms with Gasteiger partial charge < -0.3 is 9.64 Å². The molecule has 3 nitrogen and oxygen atoms in total. The highest BCUT2D eigenvalue weighted by Crippen LogP contribution is 2.54. The second-order valence-corrected chi connectivity index (χ2v) is 10.3. The van der Waals surface area contributed by atoms with Crippen LogP contribution in [0.4, 0.5) is 5.69 Å². The Morgan fingerprint density at radius 3 is 2.24 bits per heavy atom. The molecule has 162 valence electrons. The molecule has 0 radical (unpaired) electrons. The van der Waals surface area contributed by atoms with Crippen molar-refractivity contribution in [3.8, 4) is 0 Å². The molecule has 29 heavy (non-hydrogen) atoms. The van der Waals surface area contributed by atoms with Crippen molar-refractivity contribution >= 4 is 23.7 Å². The molecule has 2 aliphatic heterocycles. The third kappa shape index (κ3) is 4.84. The summed E-state index contributed by atoms with van der Waals surface area (Å²) < 4.78 is 5.52. The fraction of sp³-hybridized carbons (Fsp3) is 0.680. The first-order valence-corrected chi connectivity index (χ1v) is 11.2. The van der Waals surface area contributed by atoms with Gasteiger partial charge >= 0.3 is 0 Å². The molecule has 0 atom stereocenters. The lowest BCUT2D eigenvalue weighted by Crippen LogP contribution is -2.48. The van der Waals surface area contributed by atoms with E-state index in [9.17, 15) is 0 Å². The maximum absolute atomic E-state index is 5.52. The topological polar surface area (TPSA) is 15.7 Å². The van der Waals surface area contributed by atoms with Crippen molar-refractivity contribution in [2.24, 2.45) is 16.7 Å². The first kappa shape index (κ1) is 22.7. The van der Waals surface area contributed by atoms with Gasteiger partial charge in [-0.1, -0.05) is 52.0 Å². The summed E-state index contributed by atoms with van der Waals surface area (Å²) in [6.45, 7) is 17.4. The summed E-state index contributed by atoms with van der Waals surface area (Å²) >= 11 is 0. The maximum Gasteiger partial charge on any atom is 0.0469 e. The standard InChI is InChI=1S/C25H38N2O.ClH/c1-24(2)17-21(18-25(24,3)4)22-7-5-6-8-23(22)27-13-11-26(12-14-27)19-20-9-15-28-16-10-20;/h5-8,17,20H,9-16,18-19H2,1-4H3;1H. The Morgan fingerprint density at radius 1 is 0.966 bits per heavy atom. The number of allylic oxidation sites excluding steroid dienone is 2. The van der Waals surface area contributed by atoms with Crippen LogP contribution in [0.15, 0.2) is 30.3 Å². The van der Waals surface area contributed by atoms with Gasteiger partial charge in [0.15, 0.2) is 0 Å². The Hall–Kier alpha value is -1.03. The molecule has 1 aliphatic carbocycles. The predicted molar refractivity (Wildman–Crippen MR) is 126 cm³/mol. The minimum absolute atomic E-state index is 0. The molecule has 0 amide bonds. The van der Waals surface area contributed by atoms with Crippen LogP contribution in [0.25, 0.3) is 5.57 Å². The van der Waals surface area contributed by atoms with Crippen LogP contribution in [0.3, 0.4) is 0 Å². The number of hydrogen-bond donors (Lipinski definition) is 0. The summed E-state index contributed by atoms with van der Waals surface area (Å²) in [7, 11) is 0. The number of hydrogen-bond acceptors (Lipinski definition) is 3. The number of ether oxygens (including phenoxy) is 1. The Labute approximate surface area is 183 Å². The zero-order valence-corrected chi connectivity index (χ0v) is 19.6. The molecule has 1 aromatic rings. The highest BCUT2D eigenvalue weighted by molar-refractivity contribution is 5.85. The van der Waals surface area contributed by atoms with Crippen molar-refractivity contribution in [3.63, 3.8) is 0 Å². The van der Waals surface area contributed by atoms with Gasteiger partial charge in [-0.3, -0.25) is 4.90 Å². The second kappa shape index (κ2) is 8.99. The predicted octanol–water partition coefficient (Wildman–Crippen LogP) is 5.50. The fourth-order valence-electron chi connectivity index (χ4n) is 5.05. The molecular formula is C25H39ClN2O. The van der Waals surface area contributed by atoms with Gasteiger partial charge in [-0.25, -0.2) is 0 Å². The normalized spacial score (nSPS) is 24.8. The highest BCUT2D eigenvalue weighted by atomic mass is 35.5. The third-order valence-electron chi connectivity index (χ3n) is 7.73. The summed E-state index contributed by atoms with van der Waals surface area (Å²) in [6, 6.07) is 9.09. The molecule has 0 saturated carbocycles. The molecule has 2 saturated heterocycles. The number of piperazine rings is 1. The summed E-state index contributed by atoms with van der Waals surface area (Å²) in [6.07, 6.45) is 6.18. The van der Waals surface area contributed by atoms with Gasteiger partial charge in [0.1, 0.15) is 0 Å². The lowest BCUT2D eigenvalue weighted by atomic mass is 9.70. The van der Waals surface area contributed by atoms with E-state index in [4.69, 9.17) is 4.74 Å². The molecule has 1 aromatic carbocycles. The number of anilines is 1. The molecule has 0 unspecified atom stereocenters. The van der Waals surface area contributed by atoms with Crippen LogP contribution in [0, 0.1) is 16.7 Å².